The molecule has 0 saturated carbocycles. The van der Waals surface area contributed by atoms with Crippen molar-refractivity contribution in [2.75, 3.05) is 0 Å². The van der Waals surface area contributed by atoms with Gasteiger partial charge in [0.25, 0.3) is 6.47 Å². The van der Waals surface area contributed by atoms with Crippen molar-refractivity contribution in [3.05, 3.63) is 24.3 Å². The molecule has 0 amide bonds. The number of carbonyl (C=O) groups is 1. The molecule has 0 heterocycles. The van der Waals surface area contributed by atoms with Gasteiger partial charge in [-0.15, -0.1) is 0 Å². The van der Waals surface area contributed by atoms with Crippen LogP contribution in [0.3, 0.4) is 0 Å². The third-order valence-corrected chi connectivity index (χ3v) is 3.13. The lowest BCUT2D eigenvalue weighted by Gasteiger charge is -1.97. The second-order valence-electron chi connectivity index (χ2n) is 5.24. The summed E-state index contributed by atoms with van der Waals surface area (Å²) in [7, 11) is 0. The summed E-state index contributed by atoms with van der Waals surface area (Å²) in [5.41, 5.74) is 0. The van der Waals surface area contributed by atoms with Crippen molar-refractivity contribution in [2.24, 2.45) is 0 Å². The Hall–Kier alpha value is -1.13. The molecule has 0 aromatic carbocycles. The standard InChI is InChI=1S/2C6H10.C5H12O2.CH2O2/c2*1-2-4-6-5-3-1;1-2-3-4-5(6)7;2-1-3/h2*1-2H,3-6H2;5-7H,2-4H2,1H3;1H,(H,2,3). The first-order valence-electron chi connectivity index (χ1n) is 8.43. The predicted octanol–water partition coefficient (Wildman–Crippen LogP) is 4.42. The summed E-state index contributed by atoms with van der Waals surface area (Å²) < 4.78 is 0. The largest absolute Gasteiger partial charge is 0.483 e. The zero-order valence-corrected chi connectivity index (χ0v) is 14.0. The zero-order chi connectivity index (χ0) is 16.9. The van der Waals surface area contributed by atoms with Crippen LogP contribution in [0.15, 0.2) is 24.3 Å². The van der Waals surface area contributed by atoms with E-state index >= 15 is 0 Å². The Morgan fingerprint density at radius 2 is 1.23 bits per heavy atom. The quantitative estimate of drug-likeness (QED) is 0.409. The minimum Gasteiger partial charge on any atom is -0.483 e. The maximum Gasteiger partial charge on any atom is 0.290 e. The van der Waals surface area contributed by atoms with E-state index < -0.39 is 6.29 Å². The van der Waals surface area contributed by atoms with E-state index in [0.29, 0.717) is 6.42 Å². The van der Waals surface area contributed by atoms with Crippen LogP contribution in [0.2, 0.25) is 0 Å². The molecule has 130 valence electrons. The van der Waals surface area contributed by atoms with Gasteiger partial charge < -0.3 is 15.3 Å². The predicted molar refractivity (Wildman–Crippen MR) is 91.7 cm³/mol. The lowest BCUT2D eigenvalue weighted by molar-refractivity contribution is -0.122. The van der Waals surface area contributed by atoms with Gasteiger partial charge in [0.2, 0.25) is 0 Å². The van der Waals surface area contributed by atoms with E-state index in [-0.39, 0.29) is 6.47 Å². The van der Waals surface area contributed by atoms with Crippen molar-refractivity contribution < 1.29 is 20.1 Å². The molecule has 2 aliphatic carbocycles. The molecule has 3 N–H and O–H groups in total. The zero-order valence-electron chi connectivity index (χ0n) is 14.0. The molecule has 0 atom stereocenters. The van der Waals surface area contributed by atoms with Crippen molar-refractivity contribution in [3.8, 4) is 0 Å². The van der Waals surface area contributed by atoms with Crippen LogP contribution < -0.4 is 0 Å². The van der Waals surface area contributed by atoms with Crippen LogP contribution in [0, 0.1) is 0 Å². The van der Waals surface area contributed by atoms with Crippen molar-refractivity contribution in [2.45, 2.75) is 83.8 Å². The minimum atomic E-state index is -1.10. The fourth-order valence-electron chi connectivity index (χ4n) is 1.91. The summed E-state index contributed by atoms with van der Waals surface area (Å²) >= 11 is 0. The Kier molecular flexibility index (Phi) is 23.3. The Morgan fingerprint density at radius 1 is 0.909 bits per heavy atom. The summed E-state index contributed by atoms with van der Waals surface area (Å²) in [5.74, 6) is 0. The van der Waals surface area contributed by atoms with E-state index in [1.807, 2.05) is 6.92 Å². The lowest BCUT2D eigenvalue weighted by Crippen LogP contribution is -2.02. The highest BCUT2D eigenvalue weighted by Gasteiger charge is 1.92. The van der Waals surface area contributed by atoms with Gasteiger partial charge >= 0.3 is 0 Å². The second-order valence-corrected chi connectivity index (χ2v) is 5.24. The summed E-state index contributed by atoms with van der Waals surface area (Å²) in [6.07, 6.45) is 21.3. The van der Waals surface area contributed by atoms with E-state index in [2.05, 4.69) is 24.3 Å². The van der Waals surface area contributed by atoms with Crippen LogP contribution in [-0.4, -0.2) is 28.1 Å². The Morgan fingerprint density at radius 3 is 1.32 bits per heavy atom. The average Bonchev–Trinajstić information content (AvgIpc) is 2.58. The summed E-state index contributed by atoms with van der Waals surface area (Å²) in [6, 6.07) is 0. The number of rotatable bonds is 3. The number of aliphatic hydroxyl groups is 2. The normalized spacial score (nSPS) is 15.5. The third kappa shape index (κ3) is 27.3. The highest BCUT2D eigenvalue weighted by molar-refractivity contribution is 5.32. The summed E-state index contributed by atoms with van der Waals surface area (Å²) in [6.45, 7) is 1.77. The topological polar surface area (TPSA) is 77.8 Å². The molecule has 4 nitrogen and oxygen atoms in total. The van der Waals surface area contributed by atoms with E-state index in [9.17, 15) is 0 Å². The van der Waals surface area contributed by atoms with Crippen molar-refractivity contribution in [3.63, 3.8) is 0 Å². The molecule has 4 heteroatoms. The molecule has 0 aliphatic heterocycles. The van der Waals surface area contributed by atoms with Gasteiger partial charge in [-0.3, -0.25) is 4.79 Å². The van der Waals surface area contributed by atoms with Gasteiger partial charge in [0.1, 0.15) is 0 Å². The van der Waals surface area contributed by atoms with Gasteiger partial charge in [0, 0.05) is 0 Å². The number of hydrogen-bond donors (Lipinski definition) is 3. The molecule has 22 heavy (non-hydrogen) atoms. The van der Waals surface area contributed by atoms with Gasteiger partial charge in [0.05, 0.1) is 0 Å². The van der Waals surface area contributed by atoms with Crippen LogP contribution in [-0.2, 0) is 4.79 Å². The molecule has 2 aliphatic rings. The van der Waals surface area contributed by atoms with E-state index in [1.165, 1.54) is 51.4 Å². The fourth-order valence-corrected chi connectivity index (χ4v) is 1.91. The van der Waals surface area contributed by atoms with Gasteiger partial charge in [-0.05, 0) is 64.2 Å². The van der Waals surface area contributed by atoms with E-state index in [1.54, 1.807) is 0 Å². The first kappa shape index (κ1) is 23.1. The molecule has 0 bridgehead atoms. The number of carboxylic acid groups (broad SMARTS) is 1. The van der Waals surface area contributed by atoms with Gasteiger partial charge in [-0.1, -0.05) is 37.6 Å². The fraction of sp³-hybridized carbons (Fsp3) is 0.722. The van der Waals surface area contributed by atoms with Gasteiger partial charge in [-0.2, -0.15) is 0 Å². The highest BCUT2D eigenvalue weighted by Crippen LogP contribution is 2.07. The van der Waals surface area contributed by atoms with Crippen molar-refractivity contribution in [1.29, 1.82) is 0 Å². The molecule has 0 saturated heterocycles. The molecule has 0 aromatic heterocycles. The Bertz CT molecular complexity index is 226. The van der Waals surface area contributed by atoms with E-state index in [0.717, 1.165) is 12.8 Å². The maximum absolute atomic E-state index is 8.36. The molecule has 0 radical (unpaired) electrons. The van der Waals surface area contributed by atoms with Crippen molar-refractivity contribution in [1.82, 2.24) is 0 Å². The number of aliphatic hydroxyl groups excluding tert-OH is 1. The number of hydrogen-bond acceptors (Lipinski definition) is 3. The van der Waals surface area contributed by atoms with Crippen LogP contribution in [0.25, 0.3) is 0 Å². The second kappa shape index (κ2) is 22.2. The molecular formula is C18H34O4. The SMILES string of the molecule is C1=CCCCC1.C1=CCCCC1.CCCCC(O)O.O=CO. The van der Waals surface area contributed by atoms with Crippen LogP contribution in [0.4, 0.5) is 0 Å². The Labute approximate surface area is 135 Å². The molecule has 0 aromatic rings. The van der Waals surface area contributed by atoms with E-state index in [4.69, 9.17) is 20.1 Å². The smallest absolute Gasteiger partial charge is 0.290 e. The van der Waals surface area contributed by atoms with Gasteiger partial charge in [0.15, 0.2) is 6.29 Å². The first-order valence-corrected chi connectivity index (χ1v) is 8.43. The van der Waals surface area contributed by atoms with Crippen LogP contribution in [0.5, 0.6) is 0 Å². The molecule has 0 spiro atoms. The van der Waals surface area contributed by atoms with Gasteiger partial charge in [-0.25, -0.2) is 0 Å². The van der Waals surface area contributed by atoms with Crippen molar-refractivity contribution >= 4 is 6.47 Å². The maximum atomic E-state index is 8.36. The first-order chi connectivity index (χ1) is 10.7. The molecule has 0 unspecified atom stereocenters. The monoisotopic (exact) mass is 314 g/mol. The molecule has 2 rings (SSSR count). The molecule has 0 fully saturated rings. The van der Waals surface area contributed by atoms with Crippen LogP contribution >= 0.6 is 0 Å². The summed E-state index contributed by atoms with van der Waals surface area (Å²) in [5, 5.41) is 23.4. The Balaban J connectivity index is 0. The number of allylic oxidation sites excluding steroid dienone is 4. The van der Waals surface area contributed by atoms with Crippen LogP contribution in [0.1, 0.15) is 77.6 Å². The highest BCUT2D eigenvalue weighted by atomic mass is 16.5. The minimum absolute atomic E-state index is 0.250. The third-order valence-electron chi connectivity index (χ3n) is 3.13. The lowest BCUT2D eigenvalue weighted by atomic mass is 10.1. The average molecular weight is 314 g/mol. The number of unbranched alkanes of at least 4 members (excludes halogenated alkanes) is 1. The molecular weight excluding hydrogens is 280 g/mol. The summed E-state index contributed by atoms with van der Waals surface area (Å²) in [4.78, 5) is 8.36.